The van der Waals surface area contributed by atoms with Gasteiger partial charge in [0.2, 0.25) is 0 Å². The number of carbonyl (C=O) groups excluding carboxylic acids is 1. The van der Waals surface area contributed by atoms with E-state index in [-0.39, 0.29) is 17.3 Å². The normalized spacial score (nSPS) is 16.6. The Bertz CT molecular complexity index is 1230. The van der Waals surface area contributed by atoms with Crippen molar-refractivity contribution in [3.63, 3.8) is 0 Å². The first-order valence-corrected chi connectivity index (χ1v) is 11.6. The number of benzene rings is 3. The van der Waals surface area contributed by atoms with Gasteiger partial charge in [-0.1, -0.05) is 42.0 Å². The minimum atomic E-state index is -3.91. The van der Waals surface area contributed by atoms with Crippen LogP contribution in [0.15, 0.2) is 77.7 Å². The van der Waals surface area contributed by atoms with Crippen molar-refractivity contribution in [1.29, 1.82) is 0 Å². The highest BCUT2D eigenvalue weighted by Crippen LogP contribution is 2.37. The number of hydrogen-bond acceptors (Lipinski definition) is 4. The number of nitrogens with one attached hydrogen (secondary N) is 1. The van der Waals surface area contributed by atoms with E-state index in [1.165, 1.54) is 16.4 Å². The molecule has 0 saturated heterocycles. The number of nitrogens with zero attached hydrogens (tertiary/aromatic N) is 1. The molecule has 1 heterocycles. The van der Waals surface area contributed by atoms with Crippen LogP contribution >= 0.6 is 0 Å². The molecule has 1 amide bonds. The second-order valence-corrected chi connectivity index (χ2v) is 9.57. The van der Waals surface area contributed by atoms with Crippen LogP contribution < -0.4 is 14.4 Å². The summed E-state index contributed by atoms with van der Waals surface area (Å²) in [5.74, 6) is -0.513. The second kappa shape index (κ2) is 8.63. The molecule has 32 heavy (non-hydrogen) atoms. The molecule has 0 spiro atoms. The summed E-state index contributed by atoms with van der Waals surface area (Å²) in [6.07, 6.45) is -1.05. The monoisotopic (exact) mass is 454 g/mol. The highest BCUT2D eigenvalue weighted by atomic mass is 32.2. The molecule has 1 N–H and O–H groups in total. The van der Waals surface area contributed by atoms with E-state index < -0.39 is 28.1 Å². The lowest BCUT2D eigenvalue weighted by atomic mass is 10.1. The Morgan fingerprint density at radius 3 is 2.41 bits per heavy atom. The van der Waals surface area contributed by atoms with Crippen molar-refractivity contribution in [2.24, 2.45) is 0 Å². The summed E-state index contributed by atoms with van der Waals surface area (Å²) in [7, 11) is -3.91. The van der Waals surface area contributed by atoms with Crippen LogP contribution in [-0.4, -0.2) is 27.0 Å². The molecule has 0 bridgehead atoms. The molecule has 2 atom stereocenters. The van der Waals surface area contributed by atoms with E-state index in [0.29, 0.717) is 11.4 Å². The maximum atomic E-state index is 13.4. The van der Waals surface area contributed by atoms with E-state index in [4.69, 9.17) is 4.74 Å². The minimum absolute atomic E-state index is 0.138. The number of para-hydroxylation sites is 2. The molecule has 0 saturated carbocycles. The number of rotatable bonds is 5. The molecule has 1 aliphatic heterocycles. The molecule has 4 rings (SSSR count). The number of halogens is 1. The van der Waals surface area contributed by atoms with Gasteiger partial charge >= 0.3 is 0 Å². The van der Waals surface area contributed by atoms with E-state index in [2.05, 4.69) is 5.32 Å². The number of hydrogen-bond donors (Lipinski definition) is 1. The topological polar surface area (TPSA) is 75.7 Å². The van der Waals surface area contributed by atoms with E-state index in [0.717, 1.165) is 11.1 Å². The summed E-state index contributed by atoms with van der Waals surface area (Å²) >= 11 is 0. The van der Waals surface area contributed by atoms with Crippen LogP contribution in [0.3, 0.4) is 0 Å². The Labute approximate surface area is 186 Å². The van der Waals surface area contributed by atoms with Crippen LogP contribution in [-0.2, 0) is 14.8 Å². The van der Waals surface area contributed by atoms with E-state index in [1.54, 1.807) is 67.6 Å². The Hall–Kier alpha value is -3.39. The van der Waals surface area contributed by atoms with Crippen LogP contribution in [0, 0.1) is 12.7 Å². The van der Waals surface area contributed by atoms with Gasteiger partial charge in [0.15, 0.2) is 6.10 Å². The molecule has 8 heteroatoms. The summed E-state index contributed by atoms with van der Waals surface area (Å²) in [6, 6.07) is 18.7. The Morgan fingerprint density at radius 2 is 1.72 bits per heavy atom. The standard InChI is InChI=1S/C24H23FN2O4S/c1-16-7-13-20(14-8-16)32(29,30)27-15-23(31-22-6-4-3-5-21(22)27)24(28)26-17(2)18-9-11-19(25)12-10-18/h3-14,17,23H,15H2,1-2H3,(H,26,28)/t17-,23-/m1/s1. The molecule has 0 aromatic heterocycles. The third-order valence-corrected chi connectivity index (χ3v) is 7.16. The van der Waals surface area contributed by atoms with Crippen molar-refractivity contribution in [2.45, 2.75) is 30.9 Å². The largest absolute Gasteiger partial charge is 0.476 e. The molecule has 0 radical (unpaired) electrons. The summed E-state index contributed by atoms with van der Waals surface area (Å²) in [5.41, 5.74) is 2.04. The number of carbonyl (C=O) groups is 1. The number of ether oxygens (including phenoxy) is 1. The fraction of sp³-hybridized carbons (Fsp3) is 0.208. The molecule has 6 nitrogen and oxygen atoms in total. The lowest BCUT2D eigenvalue weighted by Gasteiger charge is -2.35. The van der Waals surface area contributed by atoms with Crippen molar-refractivity contribution < 1.29 is 22.3 Å². The first-order valence-electron chi connectivity index (χ1n) is 10.2. The number of anilines is 1. The lowest BCUT2D eigenvalue weighted by Crippen LogP contribution is -2.51. The number of sulfonamides is 1. The van der Waals surface area contributed by atoms with Crippen molar-refractivity contribution in [3.8, 4) is 5.75 Å². The van der Waals surface area contributed by atoms with E-state index in [9.17, 15) is 17.6 Å². The quantitative estimate of drug-likeness (QED) is 0.633. The second-order valence-electron chi connectivity index (χ2n) is 7.71. The average Bonchev–Trinajstić information content (AvgIpc) is 2.79. The van der Waals surface area contributed by atoms with Gasteiger partial charge in [-0.2, -0.15) is 0 Å². The van der Waals surface area contributed by atoms with Crippen LogP contribution in [0.5, 0.6) is 5.75 Å². The Kier molecular flexibility index (Phi) is 5.88. The highest BCUT2D eigenvalue weighted by molar-refractivity contribution is 7.92. The zero-order valence-electron chi connectivity index (χ0n) is 17.7. The third kappa shape index (κ3) is 4.31. The zero-order valence-corrected chi connectivity index (χ0v) is 18.5. The van der Waals surface area contributed by atoms with Gasteiger partial charge in [0, 0.05) is 0 Å². The van der Waals surface area contributed by atoms with E-state index in [1.807, 2.05) is 6.92 Å². The Balaban J connectivity index is 1.61. The van der Waals surface area contributed by atoms with Crippen molar-refractivity contribution in [3.05, 3.63) is 89.7 Å². The summed E-state index contributed by atoms with van der Waals surface area (Å²) < 4.78 is 47.1. The highest BCUT2D eigenvalue weighted by Gasteiger charge is 2.37. The molecule has 3 aromatic rings. The number of amides is 1. The summed E-state index contributed by atoms with van der Waals surface area (Å²) in [5, 5.41) is 2.83. The van der Waals surface area contributed by atoms with Crippen LogP contribution in [0.25, 0.3) is 0 Å². The Morgan fingerprint density at radius 1 is 1.06 bits per heavy atom. The van der Waals surface area contributed by atoms with Gasteiger partial charge in [0.25, 0.3) is 15.9 Å². The van der Waals surface area contributed by atoms with Crippen LogP contribution in [0.2, 0.25) is 0 Å². The first kappa shape index (κ1) is 21.8. The first-order chi connectivity index (χ1) is 15.3. The molecule has 0 fully saturated rings. The zero-order chi connectivity index (χ0) is 22.9. The fourth-order valence-electron chi connectivity index (χ4n) is 3.54. The molecule has 3 aromatic carbocycles. The van der Waals surface area contributed by atoms with Gasteiger partial charge in [0.05, 0.1) is 23.2 Å². The van der Waals surface area contributed by atoms with Gasteiger partial charge in [0.1, 0.15) is 11.6 Å². The molecule has 1 aliphatic rings. The van der Waals surface area contributed by atoms with Crippen molar-refractivity contribution in [2.75, 3.05) is 10.8 Å². The summed E-state index contributed by atoms with van der Waals surface area (Å²) in [6.45, 7) is 3.47. The van der Waals surface area contributed by atoms with Gasteiger partial charge in [-0.15, -0.1) is 0 Å². The predicted octanol–water partition coefficient (Wildman–Crippen LogP) is 3.97. The van der Waals surface area contributed by atoms with Gasteiger partial charge in [-0.25, -0.2) is 12.8 Å². The molecule has 0 aliphatic carbocycles. The lowest BCUT2D eigenvalue weighted by molar-refractivity contribution is -0.128. The fourth-order valence-corrected chi connectivity index (χ4v) is 5.02. The minimum Gasteiger partial charge on any atom is -0.476 e. The maximum absolute atomic E-state index is 13.4. The average molecular weight is 455 g/mol. The van der Waals surface area contributed by atoms with Crippen LogP contribution in [0.1, 0.15) is 24.1 Å². The van der Waals surface area contributed by atoms with Gasteiger partial charge < -0.3 is 10.1 Å². The van der Waals surface area contributed by atoms with Crippen molar-refractivity contribution in [1.82, 2.24) is 5.32 Å². The molecular formula is C24H23FN2O4S. The smallest absolute Gasteiger partial charge is 0.264 e. The number of aryl methyl sites for hydroxylation is 1. The van der Waals surface area contributed by atoms with Crippen LogP contribution in [0.4, 0.5) is 10.1 Å². The van der Waals surface area contributed by atoms with Crippen molar-refractivity contribution >= 4 is 21.6 Å². The molecular weight excluding hydrogens is 431 g/mol. The maximum Gasteiger partial charge on any atom is 0.264 e. The van der Waals surface area contributed by atoms with E-state index >= 15 is 0 Å². The SMILES string of the molecule is Cc1ccc(S(=O)(=O)N2C[C@H](C(=O)N[C@H](C)c3ccc(F)cc3)Oc3ccccc32)cc1. The number of fused-ring (bicyclic) bond motifs is 1. The third-order valence-electron chi connectivity index (χ3n) is 5.37. The van der Waals surface area contributed by atoms with Gasteiger partial charge in [-0.3, -0.25) is 9.10 Å². The molecule has 0 unspecified atom stereocenters. The van der Waals surface area contributed by atoms with Gasteiger partial charge in [-0.05, 0) is 55.8 Å². The predicted molar refractivity (Wildman–Crippen MR) is 120 cm³/mol. The molecule has 166 valence electrons. The summed E-state index contributed by atoms with van der Waals surface area (Å²) in [4.78, 5) is 13.1.